The number of pyridine rings is 1. The van der Waals surface area contributed by atoms with Crippen LogP contribution < -0.4 is 5.73 Å². The van der Waals surface area contributed by atoms with Gasteiger partial charge in [0.2, 0.25) is 0 Å². The van der Waals surface area contributed by atoms with Crippen molar-refractivity contribution >= 4 is 26.8 Å². The van der Waals surface area contributed by atoms with Gasteiger partial charge in [0.05, 0.1) is 17.3 Å². The second kappa shape index (κ2) is 5.54. The minimum atomic E-state index is -0.592. The van der Waals surface area contributed by atoms with Crippen molar-refractivity contribution in [1.29, 1.82) is 0 Å². The fourth-order valence-corrected chi connectivity index (χ4v) is 2.83. The molecule has 0 bridgehead atoms. The van der Waals surface area contributed by atoms with Crippen molar-refractivity contribution in [2.45, 2.75) is 13.0 Å². The SMILES string of the molecule is Cc1cc(C(N)c2cc(Br)ccc2F)nc2ccccc12. The number of aryl methyl sites for hydroxylation is 1. The molecule has 0 spiro atoms. The average molecular weight is 345 g/mol. The van der Waals surface area contributed by atoms with Gasteiger partial charge in [-0.1, -0.05) is 34.1 Å². The smallest absolute Gasteiger partial charge is 0.128 e. The lowest BCUT2D eigenvalue weighted by atomic mass is 10.0. The predicted octanol–water partition coefficient (Wildman–Crippen LogP) is 4.49. The Balaban J connectivity index is 2.13. The fraction of sp³-hybridized carbons (Fsp3) is 0.118. The van der Waals surface area contributed by atoms with E-state index in [9.17, 15) is 4.39 Å². The third-order valence-electron chi connectivity index (χ3n) is 3.55. The minimum Gasteiger partial charge on any atom is -0.319 e. The van der Waals surface area contributed by atoms with Crippen molar-refractivity contribution in [3.8, 4) is 0 Å². The van der Waals surface area contributed by atoms with Gasteiger partial charge < -0.3 is 5.73 Å². The molecule has 4 heteroatoms. The number of hydrogen-bond donors (Lipinski definition) is 1. The molecule has 0 saturated carbocycles. The molecule has 2 aromatic carbocycles. The highest BCUT2D eigenvalue weighted by molar-refractivity contribution is 9.10. The number of hydrogen-bond acceptors (Lipinski definition) is 2. The van der Waals surface area contributed by atoms with Crippen LogP contribution >= 0.6 is 15.9 Å². The van der Waals surface area contributed by atoms with E-state index in [0.717, 1.165) is 20.9 Å². The Morgan fingerprint density at radius 3 is 2.71 bits per heavy atom. The first-order chi connectivity index (χ1) is 10.1. The number of nitrogens with zero attached hydrogens (tertiary/aromatic N) is 1. The normalized spacial score (nSPS) is 12.6. The molecule has 1 heterocycles. The molecule has 2 nitrogen and oxygen atoms in total. The largest absolute Gasteiger partial charge is 0.319 e. The van der Waals surface area contributed by atoms with Crippen LogP contribution in [-0.4, -0.2) is 4.98 Å². The Labute approximate surface area is 130 Å². The topological polar surface area (TPSA) is 38.9 Å². The van der Waals surface area contributed by atoms with Crippen LogP contribution in [0.25, 0.3) is 10.9 Å². The summed E-state index contributed by atoms with van der Waals surface area (Å²) in [7, 11) is 0. The molecule has 0 aliphatic rings. The summed E-state index contributed by atoms with van der Waals surface area (Å²) in [6.45, 7) is 2.01. The molecule has 0 aliphatic carbocycles. The maximum atomic E-state index is 14.0. The van der Waals surface area contributed by atoms with Crippen LogP contribution in [0.1, 0.15) is 22.9 Å². The molecule has 1 unspecified atom stereocenters. The van der Waals surface area contributed by atoms with Crippen molar-refractivity contribution in [2.75, 3.05) is 0 Å². The van der Waals surface area contributed by atoms with Gasteiger partial charge in [0, 0.05) is 15.4 Å². The van der Waals surface area contributed by atoms with Gasteiger partial charge in [0.25, 0.3) is 0 Å². The Kier molecular flexibility index (Phi) is 3.74. The van der Waals surface area contributed by atoms with Crippen LogP contribution in [0.2, 0.25) is 0 Å². The van der Waals surface area contributed by atoms with E-state index in [1.165, 1.54) is 6.07 Å². The van der Waals surface area contributed by atoms with Crippen molar-refractivity contribution in [3.05, 3.63) is 75.6 Å². The van der Waals surface area contributed by atoms with E-state index in [2.05, 4.69) is 20.9 Å². The van der Waals surface area contributed by atoms with Crippen LogP contribution in [0.3, 0.4) is 0 Å². The first-order valence-corrected chi connectivity index (χ1v) is 7.42. The van der Waals surface area contributed by atoms with E-state index in [1.807, 2.05) is 37.3 Å². The number of nitrogens with two attached hydrogens (primary N) is 1. The summed E-state index contributed by atoms with van der Waals surface area (Å²) in [5.74, 6) is -0.321. The van der Waals surface area contributed by atoms with Gasteiger partial charge in [0.1, 0.15) is 5.82 Å². The van der Waals surface area contributed by atoms with Gasteiger partial charge >= 0.3 is 0 Å². The first-order valence-electron chi connectivity index (χ1n) is 6.63. The third-order valence-corrected chi connectivity index (χ3v) is 4.05. The lowest BCUT2D eigenvalue weighted by Gasteiger charge is -2.15. The second-order valence-corrected chi connectivity index (χ2v) is 5.94. The highest BCUT2D eigenvalue weighted by Gasteiger charge is 2.16. The number of aromatic nitrogens is 1. The highest BCUT2D eigenvalue weighted by atomic mass is 79.9. The van der Waals surface area contributed by atoms with E-state index in [1.54, 1.807) is 12.1 Å². The molecule has 21 heavy (non-hydrogen) atoms. The molecule has 3 rings (SSSR count). The van der Waals surface area contributed by atoms with Crippen molar-refractivity contribution in [1.82, 2.24) is 4.98 Å². The summed E-state index contributed by atoms with van der Waals surface area (Å²) in [6, 6.07) is 14.0. The van der Waals surface area contributed by atoms with Gasteiger partial charge in [0.15, 0.2) is 0 Å². The molecule has 0 fully saturated rings. The summed E-state index contributed by atoms with van der Waals surface area (Å²) < 4.78 is 14.8. The van der Waals surface area contributed by atoms with Crippen molar-refractivity contribution < 1.29 is 4.39 Å². The van der Waals surface area contributed by atoms with Gasteiger partial charge in [-0.3, -0.25) is 4.98 Å². The maximum Gasteiger partial charge on any atom is 0.128 e. The first kappa shape index (κ1) is 14.2. The van der Waals surface area contributed by atoms with E-state index >= 15 is 0 Å². The molecular formula is C17H14BrFN2. The van der Waals surface area contributed by atoms with Gasteiger partial charge in [-0.05, 0) is 42.8 Å². The number of halogens is 2. The van der Waals surface area contributed by atoms with Gasteiger partial charge in [-0.25, -0.2) is 4.39 Å². The lowest BCUT2D eigenvalue weighted by molar-refractivity contribution is 0.597. The molecule has 2 N–H and O–H groups in total. The van der Waals surface area contributed by atoms with Crippen LogP contribution in [0, 0.1) is 12.7 Å². The number of benzene rings is 2. The summed E-state index contributed by atoms with van der Waals surface area (Å²) >= 11 is 3.35. The zero-order chi connectivity index (χ0) is 15.0. The molecule has 0 radical (unpaired) electrons. The van der Waals surface area contributed by atoms with E-state index < -0.39 is 6.04 Å². The van der Waals surface area contributed by atoms with Crippen molar-refractivity contribution in [3.63, 3.8) is 0 Å². The third kappa shape index (κ3) is 2.69. The fourth-order valence-electron chi connectivity index (χ4n) is 2.45. The predicted molar refractivity (Wildman–Crippen MR) is 86.6 cm³/mol. The van der Waals surface area contributed by atoms with Crippen LogP contribution in [0.15, 0.2) is 53.0 Å². The van der Waals surface area contributed by atoms with Gasteiger partial charge in [-0.2, -0.15) is 0 Å². The zero-order valence-corrected chi connectivity index (χ0v) is 13.1. The summed E-state index contributed by atoms with van der Waals surface area (Å²) in [5.41, 5.74) is 9.29. The summed E-state index contributed by atoms with van der Waals surface area (Å²) in [6.07, 6.45) is 0. The molecule has 3 aromatic rings. The molecule has 1 atom stereocenters. The Morgan fingerprint density at radius 2 is 1.90 bits per heavy atom. The Morgan fingerprint density at radius 1 is 1.14 bits per heavy atom. The number of para-hydroxylation sites is 1. The zero-order valence-electron chi connectivity index (χ0n) is 11.5. The van der Waals surface area contributed by atoms with Gasteiger partial charge in [-0.15, -0.1) is 0 Å². The lowest BCUT2D eigenvalue weighted by Crippen LogP contribution is -2.15. The minimum absolute atomic E-state index is 0.321. The van der Waals surface area contributed by atoms with Crippen LogP contribution in [-0.2, 0) is 0 Å². The van der Waals surface area contributed by atoms with E-state index in [0.29, 0.717) is 11.3 Å². The maximum absolute atomic E-state index is 14.0. The average Bonchev–Trinajstić information content (AvgIpc) is 2.49. The van der Waals surface area contributed by atoms with Crippen LogP contribution in [0.4, 0.5) is 4.39 Å². The monoisotopic (exact) mass is 344 g/mol. The van der Waals surface area contributed by atoms with Crippen molar-refractivity contribution in [2.24, 2.45) is 5.73 Å². The molecule has 106 valence electrons. The molecule has 1 aromatic heterocycles. The molecule has 0 saturated heterocycles. The summed E-state index contributed by atoms with van der Waals surface area (Å²) in [4.78, 5) is 4.58. The molecular weight excluding hydrogens is 331 g/mol. The number of fused-ring (bicyclic) bond motifs is 1. The molecule has 0 aliphatic heterocycles. The Bertz CT molecular complexity index is 817. The quantitative estimate of drug-likeness (QED) is 0.743. The van der Waals surface area contributed by atoms with E-state index in [-0.39, 0.29) is 5.82 Å². The standard InChI is InChI=1S/C17H14BrFN2/c1-10-8-16(21-15-5-3-2-4-12(10)15)17(20)13-9-11(18)6-7-14(13)19/h2-9,17H,20H2,1H3. The molecule has 0 amide bonds. The van der Waals surface area contributed by atoms with E-state index in [4.69, 9.17) is 5.73 Å². The Hall–Kier alpha value is -1.78. The highest BCUT2D eigenvalue weighted by Crippen LogP contribution is 2.27. The van der Waals surface area contributed by atoms with Crippen LogP contribution in [0.5, 0.6) is 0 Å². The summed E-state index contributed by atoms with van der Waals surface area (Å²) in [5, 5.41) is 1.09. The second-order valence-electron chi connectivity index (χ2n) is 5.02. The number of rotatable bonds is 2.